The van der Waals surface area contributed by atoms with E-state index in [0.717, 1.165) is 21.0 Å². The highest BCUT2D eigenvalue weighted by Gasteiger charge is 2.36. The average Bonchev–Trinajstić information content (AvgIpc) is 3.81. The van der Waals surface area contributed by atoms with E-state index in [2.05, 4.69) is 25.9 Å². The van der Waals surface area contributed by atoms with Crippen LogP contribution in [-0.2, 0) is 40.3 Å². The van der Waals surface area contributed by atoms with Gasteiger partial charge in [0.1, 0.15) is 31.5 Å². The van der Waals surface area contributed by atoms with Crippen molar-refractivity contribution >= 4 is 40.8 Å². The van der Waals surface area contributed by atoms with Crippen LogP contribution in [0.3, 0.4) is 0 Å². The normalized spacial score (nSPS) is 14.3. The number of ether oxygens (including phenoxy) is 2. The molecular formula is C36H45N5O7S2. The van der Waals surface area contributed by atoms with Crippen LogP contribution in [0.25, 0.3) is 0 Å². The van der Waals surface area contributed by atoms with Crippen LogP contribution in [0.1, 0.15) is 60.3 Å². The van der Waals surface area contributed by atoms with Gasteiger partial charge in [-0.05, 0) is 29.9 Å². The zero-order valence-corrected chi connectivity index (χ0v) is 30.2. The van der Waals surface area contributed by atoms with Crippen molar-refractivity contribution in [3.05, 3.63) is 104 Å². The third-order valence-corrected chi connectivity index (χ3v) is 9.82. The fourth-order valence-corrected chi connectivity index (χ4v) is 6.46. The molecule has 5 atom stereocenters. The molecule has 0 aliphatic carbocycles. The molecule has 12 nitrogen and oxygen atoms in total. The van der Waals surface area contributed by atoms with Gasteiger partial charge in [0.25, 0.3) is 0 Å². The van der Waals surface area contributed by atoms with Crippen molar-refractivity contribution in [3.8, 4) is 0 Å². The van der Waals surface area contributed by atoms with E-state index in [0.29, 0.717) is 5.69 Å². The third kappa shape index (κ3) is 11.9. The van der Waals surface area contributed by atoms with Crippen LogP contribution in [0.4, 0.5) is 9.59 Å². The molecule has 0 aliphatic rings. The molecule has 2 heterocycles. The van der Waals surface area contributed by atoms with Gasteiger partial charge in [0.05, 0.1) is 33.2 Å². The number of aliphatic hydroxyl groups is 2. The number of benzene rings is 2. The second-order valence-electron chi connectivity index (χ2n) is 12.5. The Labute approximate surface area is 300 Å². The number of thiazole rings is 2. The quantitative estimate of drug-likeness (QED) is 0.101. The summed E-state index contributed by atoms with van der Waals surface area (Å²) in [6.45, 7) is 7.55. The van der Waals surface area contributed by atoms with Gasteiger partial charge in [-0.2, -0.15) is 0 Å². The summed E-state index contributed by atoms with van der Waals surface area (Å²) in [5.41, 5.74) is 3.84. The summed E-state index contributed by atoms with van der Waals surface area (Å²) in [6, 6.07) is 15.4. The monoisotopic (exact) mass is 723 g/mol. The lowest BCUT2D eigenvalue weighted by molar-refractivity contribution is -0.126. The summed E-state index contributed by atoms with van der Waals surface area (Å²) in [6.07, 6.45) is -2.75. The molecule has 4 aromatic rings. The highest BCUT2D eigenvalue weighted by Crippen LogP contribution is 2.20. The first-order valence-corrected chi connectivity index (χ1v) is 18.2. The summed E-state index contributed by atoms with van der Waals surface area (Å²) >= 11 is 2.83. The fraction of sp³-hybridized carbons (Fsp3) is 0.417. The lowest BCUT2D eigenvalue weighted by Crippen LogP contribution is -2.60. The van der Waals surface area contributed by atoms with Crippen LogP contribution in [-0.4, -0.2) is 68.6 Å². The molecule has 2 aromatic heterocycles. The molecule has 0 saturated heterocycles. The smallest absolute Gasteiger partial charge is 0.408 e. The van der Waals surface area contributed by atoms with Gasteiger partial charge in [0, 0.05) is 17.5 Å². The molecule has 0 radical (unpaired) electrons. The van der Waals surface area contributed by atoms with Gasteiger partial charge in [0.15, 0.2) is 0 Å². The van der Waals surface area contributed by atoms with Crippen molar-refractivity contribution in [2.45, 2.75) is 90.0 Å². The van der Waals surface area contributed by atoms with E-state index in [1.165, 1.54) is 22.7 Å². The molecule has 4 rings (SSSR count). The van der Waals surface area contributed by atoms with E-state index >= 15 is 0 Å². The van der Waals surface area contributed by atoms with Crippen molar-refractivity contribution in [3.63, 3.8) is 0 Å². The summed E-state index contributed by atoms with van der Waals surface area (Å²) in [5.74, 6) is -0.673. The van der Waals surface area contributed by atoms with Crippen LogP contribution in [0.5, 0.6) is 0 Å². The number of rotatable bonds is 17. The second-order valence-corrected chi connectivity index (χ2v) is 14.4. The standard InChI is InChI=1S/C36H45N5O7S2/c1-22(2)30(41-36(46)47-18-26-20-49-34(38-26)23(3)4)33(44)39-28(15-24-11-7-5-8-12-24)31(42)32(43)29(16-25-13-9-6-10-14-25)40-35(45)48-19-27-17-37-21-50-27/h5-14,17,20-23,28-32,42-43H,15-16,18-19H2,1-4H3,(H,39,44)(H,40,45)(H,41,46)/t28-,29-,30-,31-,32+/m0/s1. The van der Waals surface area contributed by atoms with Gasteiger partial charge >= 0.3 is 12.2 Å². The van der Waals surface area contributed by atoms with Gasteiger partial charge < -0.3 is 35.6 Å². The number of carbonyl (C=O) groups is 3. The highest BCUT2D eigenvalue weighted by atomic mass is 32.1. The minimum Gasteiger partial charge on any atom is -0.444 e. The topological polar surface area (TPSA) is 172 Å². The molecule has 0 unspecified atom stereocenters. The number of aromatic nitrogens is 2. The van der Waals surface area contributed by atoms with E-state index in [9.17, 15) is 24.6 Å². The van der Waals surface area contributed by atoms with Crippen molar-refractivity contribution < 1.29 is 34.1 Å². The average molecular weight is 724 g/mol. The Bertz CT molecular complexity index is 1620. The van der Waals surface area contributed by atoms with Gasteiger partial charge in [-0.3, -0.25) is 9.78 Å². The van der Waals surface area contributed by atoms with Crippen LogP contribution < -0.4 is 16.0 Å². The molecule has 268 valence electrons. The molecule has 3 amide bonds. The zero-order valence-electron chi connectivity index (χ0n) is 28.5. The SMILES string of the molecule is CC(C)c1nc(COC(=O)N[C@H](C(=O)N[C@@H](Cc2ccccc2)[C@H](O)[C@H](O)[C@H](Cc2ccccc2)NC(=O)OCc2cncs2)C(C)C)cs1. The summed E-state index contributed by atoms with van der Waals surface area (Å²) in [4.78, 5) is 48.6. The molecule has 50 heavy (non-hydrogen) atoms. The molecule has 5 N–H and O–H groups in total. The maximum Gasteiger partial charge on any atom is 0.408 e. The van der Waals surface area contributed by atoms with Crippen molar-refractivity contribution in [2.75, 3.05) is 0 Å². The Balaban J connectivity index is 1.48. The minimum absolute atomic E-state index is 0.00528. The Morgan fingerprint density at radius 1 is 0.760 bits per heavy atom. The molecule has 2 aromatic carbocycles. The maximum absolute atomic E-state index is 13.8. The Morgan fingerprint density at radius 2 is 1.32 bits per heavy atom. The lowest BCUT2D eigenvalue weighted by Gasteiger charge is -2.34. The number of alkyl carbamates (subject to hydrolysis) is 2. The first-order valence-electron chi connectivity index (χ1n) is 16.4. The van der Waals surface area contributed by atoms with Crippen molar-refractivity contribution in [1.82, 2.24) is 25.9 Å². The van der Waals surface area contributed by atoms with Crippen LogP contribution in [0.2, 0.25) is 0 Å². The van der Waals surface area contributed by atoms with Gasteiger partial charge in [0.2, 0.25) is 5.91 Å². The molecule has 0 saturated carbocycles. The van der Waals surface area contributed by atoms with Crippen molar-refractivity contribution in [2.24, 2.45) is 5.92 Å². The number of nitrogens with one attached hydrogen (secondary N) is 3. The van der Waals surface area contributed by atoms with Gasteiger partial charge in [-0.25, -0.2) is 14.6 Å². The highest BCUT2D eigenvalue weighted by molar-refractivity contribution is 7.09. The number of hydrogen-bond donors (Lipinski definition) is 5. The predicted octanol–water partition coefficient (Wildman–Crippen LogP) is 4.96. The van der Waals surface area contributed by atoms with E-state index in [1.54, 1.807) is 25.6 Å². The summed E-state index contributed by atoms with van der Waals surface area (Å²) in [5, 5.41) is 34.3. The second kappa shape index (κ2) is 19.1. The Morgan fingerprint density at radius 3 is 1.84 bits per heavy atom. The number of amides is 3. The number of aliphatic hydroxyl groups excluding tert-OH is 2. The van der Waals surface area contributed by atoms with E-state index in [-0.39, 0.29) is 37.9 Å². The van der Waals surface area contributed by atoms with Crippen LogP contribution >= 0.6 is 22.7 Å². The van der Waals surface area contributed by atoms with Gasteiger partial charge in [-0.1, -0.05) is 88.4 Å². The van der Waals surface area contributed by atoms with Crippen LogP contribution in [0, 0.1) is 5.92 Å². The van der Waals surface area contributed by atoms with E-state index in [4.69, 9.17) is 9.47 Å². The molecule has 0 bridgehead atoms. The van der Waals surface area contributed by atoms with E-state index in [1.807, 2.05) is 79.9 Å². The zero-order chi connectivity index (χ0) is 36.0. The fourth-order valence-electron chi connectivity index (χ4n) is 5.14. The Hall–Kier alpha value is -4.37. The molecule has 0 aliphatic heterocycles. The molecule has 14 heteroatoms. The van der Waals surface area contributed by atoms with E-state index < -0.39 is 48.4 Å². The summed E-state index contributed by atoms with van der Waals surface area (Å²) in [7, 11) is 0. The minimum atomic E-state index is -1.55. The summed E-state index contributed by atoms with van der Waals surface area (Å²) < 4.78 is 10.7. The molecular weight excluding hydrogens is 679 g/mol. The first kappa shape index (κ1) is 38.4. The largest absolute Gasteiger partial charge is 0.444 e. The number of hydrogen-bond acceptors (Lipinski definition) is 11. The number of nitrogens with zero attached hydrogens (tertiary/aromatic N) is 2. The Kier molecular flexibility index (Phi) is 14.7. The molecule has 0 fully saturated rings. The third-order valence-electron chi connectivity index (χ3n) is 7.87. The number of carbonyl (C=O) groups excluding carboxylic acids is 3. The lowest BCUT2D eigenvalue weighted by atomic mass is 9.90. The molecule has 0 spiro atoms. The first-order chi connectivity index (χ1) is 24.0. The predicted molar refractivity (Wildman–Crippen MR) is 192 cm³/mol. The van der Waals surface area contributed by atoms with Gasteiger partial charge in [-0.15, -0.1) is 22.7 Å². The van der Waals surface area contributed by atoms with Crippen molar-refractivity contribution in [1.29, 1.82) is 0 Å². The van der Waals surface area contributed by atoms with Crippen LogP contribution in [0.15, 0.2) is 77.8 Å². The maximum atomic E-state index is 13.8.